The number of aromatic nitrogens is 2. The predicted octanol–water partition coefficient (Wildman–Crippen LogP) is 2.69. The van der Waals surface area contributed by atoms with Gasteiger partial charge in [-0.3, -0.25) is 0 Å². The molecular weight excluding hydrogens is 248 g/mol. The van der Waals surface area contributed by atoms with Crippen LogP contribution >= 0.6 is 11.8 Å². The smallest absolute Gasteiger partial charge is 0.340 e. The topological polar surface area (TPSA) is 43.6 Å². The number of imidazole rings is 1. The second-order valence-electron chi connectivity index (χ2n) is 4.29. The number of carbonyl (C=O) groups is 1. The molecule has 1 aliphatic heterocycles. The Hall–Kier alpha value is -1.49. The molecule has 4 nitrogen and oxygen atoms in total. The van der Waals surface area contributed by atoms with E-state index < -0.39 is 0 Å². The van der Waals surface area contributed by atoms with Crippen LogP contribution in [0.3, 0.4) is 0 Å². The van der Waals surface area contributed by atoms with Gasteiger partial charge in [-0.15, -0.1) is 0 Å². The molecule has 18 heavy (non-hydrogen) atoms. The zero-order chi connectivity index (χ0) is 12.5. The quantitative estimate of drug-likeness (QED) is 0.780. The number of nitrogens with zero attached hydrogens (tertiary/aromatic N) is 2. The summed E-state index contributed by atoms with van der Waals surface area (Å²) < 4.78 is 6.80. The summed E-state index contributed by atoms with van der Waals surface area (Å²) in [4.78, 5) is 16.2. The number of pyridine rings is 1. The third-order valence-corrected chi connectivity index (χ3v) is 4.60. The standard InChI is InChI=1S/C13H14N2O2S/c1-17-13(16)9-4-2-6-15-10(9)8-14-12(15)11-5-3-7-18-11/h2,4,6,8,11H,3,5,7H2,1H3. The van der Waals surface area contributed by atoms with Gasteiger partial charge in [-0.1, -0.05) is 0 Å². The number of hydrogen-bond acceptors (Lipinski definition) is 4. The van der Waals surface area contributed by atoms with Crippen LogP contribution in [0.2, 0.25) is 0 Å². The highest BCUT2D eigenvalue weighted by Gasteiger charge is 2.23. The van der Waals surface area contributed by atoms with E-state index in [-0.39, 0.29) is 5.97 Å². The van der Waals surface area contributed by atoms with Crippen molar-refractivity contribution in [1.29, 1.82) is 0 Å². The van der Waals surface area contributed by atoms with Crippen LogP contribution in [0.1, 0.15) is 34.3 Å². The fourth-order valence-electron chi connectivity index (χ4n) is 2.34. The molecular formula is C13H14N2O2S. The fourth-order valence-corrected chi connectivity index (χ4v) is 3.62. The number of hydrogen-bond donors (Lipinski definition) is 0. The summed E-state index contributed by atoms with van der Waals surface area (Å²) >= 11 is 1.94. The lowest BCUT2D eigenvalue weighted by molar-refractivity contribution is 0.0602. The van der Waals surface area contributed by atoms with E-state index in [4.69, 9.17) is 4.74 Å². The van der Waals surface area contributed by atoms with Crippen molar-refractivity contribution in [3.8, 4) is 0 Å². The molecule has 2 aromatic rings. The lowest BCUT2D eigenvalue weighted by atomic mass is 10.2. The second-order valence-corrected chi connectivity index (χ2v) is 5.60. The molecule has 0 radical (unpaired) electrons. The number of esters is 1. The molecule has 1 atom stereocenters. The van der Waals surface area contributed by atoms with Crippen LogP contribution in [-0.2, 0) is 4.74 Å². The first-order chi connectivity index (χ1) is 8.81. The van der Waals surface area contributed by atoms with Gasteiger partial charge in [-0.2, -0.15) is 11.8 Å². The Balaban J connectivity index is 2.11. The molecule has 0 bridgehead atoms. The van der Waals surface area contributed by atoms with Crippen LogP contribution < -0.4 is 0 Å². The summed E-state index contributed by atoms with van der Waals surface area (Å²) in [6, 6.07) is 3.64. The molecule has 0 spiro atoms. The molecule has 94 valence electrons. The van der Waals surface area contributed by atoms with Gasteiger partial charge in [0, 0.05) is 6.20 Å². The fraction of sp³-hybridized carbons (Fsp3) is 0.385. The summed E-state index contributed by atoms with van der Waals surface area (Å²) in [7, 11) is 1.40. The normalized spacial score (nSPS) is 19.3. The molecule has 3 rings (SSSR count). The Kier molecular flexibility index (Phi) is 2.99. The number of carbonyl (C=O) groups excluding carboxylic acids is 1. The van der Waals surface area contributed by atoms with Crippen molar-refractivity contribution < 1.29 is 9.53 Å². The van der Waals surface area contributed by atoms with E-state index in [1.54, 1.807) is 12.3 Å². The molecule has 0 amide bonds. The molecule has 1 unspecified atom stereocenters. The number of rotatable bonds is 2. The minimum absolute atomic E-state index is 0.314. The Labute approximate surface area is 109 Å². The van der Waals surface area contributed by atoms with Crippen molar-refractivity contribution in [2.45, 2.75) is 18.1 Å². The maximum Gasteiger partial charge on any atom is 0.340 e. The molecule has 0 aliphatic carbocycles. The second kappa shape index (κ2) is 4.65. The lowest BCUT2D eigenvalue weighted by Gasteiger charge is -2.08. The highest BCUT2D eigenvalue weighted by molar-refractivity contribution is 7.99. The summed E-state index contributed by atoms with van der Waals surface area (Å²) in [6.07, 6.45) is 6.12. The molecule has 2 aromatic heterocycles. The molecule has 3 heterocycles. The molecule has 0 saturated carbocycles. The molecule has 1 aliphatic rings. The Morgan fingerprint density at radius 1 is 1.61 bits per heavy atom. The minimum atomic E-state index is -0.314. The molecule has 1 saturated heterocycles. The van der Waals surface area contributed by atoms with Crippen LogP contribution in [0.4, 0.5) is 0 Å². The van der Waals surface area contributed by atoms with Crippen molar-refractivity contribution in [3.63, 3.8) is 0 Å². The lowest BCUT2D eigenvalue weighted by Crippen LogP contribution is -2.04. The first kappa shape index (κ1) is 11.6. The van der Waals surface area contributed by atoms with Gasteiger partial charge in [0.1, 0.15) is 5.82 Å². The SMILES string of the molecule is COC(=O)c1cccn2c(C3CCCS3)ncc12. The highest BCUT2D eigenvalue weighted by Crippen LogP contribution is 2.39. The third-order valence-electron chi connectivity index (χ3n) is 3.22. The van der Waals surface area contributed by atoms with Gasteiger partial charge in [-0.25, -0.2) is 9.78 Å². The summed E-state index contributed by atoms with van der Waals surface area (Å²) in [5.74, 6) is 1.92. The Morgan fingerprint density at radius 3 is 3.22 bits per heavy atom. The van der Waals surface area contributed by atoms with Gasteiger partial charge < -0.3 is 9.14 Å². The summed E-state index contributed by atoms with van der Waals surface area (Å²) in [5, 5.41) is 0.445. The highest BCUT2D eigenvalue weighted by atomic mass is 32.2. The third kappa shape index (κ3) is 1.79. The van der Waals surface area contributed by atoms with Gasteiger partial charge >= 0.3 is 5.97 Å². The van der Waals surface area contributed by atoms with Gasteiger partial charge in [0.05, 0.1) is 29.6 Å². The zero-order valence-electron chi connectivity index (χ0n) is 10.1. The first-order valence-corrected chi connectivity index (χ1v) is 7.02. The van der Waals surface area contributed by atoms with E-state index in [0.717, 1.165) is 17.8 Å². The summed E-state index contributed by atoms with van der Waals surface area (Å²) in [5.41, 5.74) is 1.40. The average molecular weight is 262 g/mol. The van der Waals surface area contributed by atoms with E-state index in [9.17, 15) is 4.79 Å². The monoisotopic (exact) mass is 262 g/mol. The van der Waals surface area contributed by atoms with E-state index in [2.05, 4.69) is 4.98 Å². The van der Waals surface area contributed by atoms with Gasteiger partial charge in [0.25, 0.3) is 0 Å². The van der Waals surface area contributed by atoms with Crippen LogP contribution in [0.15, 0.2) is 24.5 Å². The number of methoxy groups -OCH3 is 1. The maximum atomic E-state index is 11.7. The van der Waals surface area contributed by atoms with Gasteiger partial charge in [-0.05, 0) is 30.7 Å². The molecule has 0 aromatic carbocycles. The van der Waals surface area contributed by atoms with Crippen molar-refractivity contribution in [3.05, 3.63) is 35.9 Å². The predicted molar refractivity (Wildman–Crippen MR) is 71.0 cm³/mol. The summed E-state index contributed by atoms with van der Waals surface area (Å²) in [6.45, 7) is 0. The number of fused-ring (bicyclic) bond motifs is 1. The van der Waals surface area contributed by atoms with Crippen molar-refractivity contribution >= 4 is 23.2 Å². The van der Waals surface area contributed by atoms with Crippen molar-refractivity contribution in [1.82, 2.24) is 9.38 Å². The maximum absolute atomic E-state index is 11.7. The first-order valence-electron chi connectivity index (χ1n) is 5.97. The Morgan fingerprint density at radius 2 is 2.50 bits per heavy atom. The van der Waals surface area contributed by atoms with Crippen LogP contribution in [-0.4, -0.2) is 28.2 Å². The average Bonchev–Trinajstić information content (AvgIpc) is 3.05. The van der Waals surface area contributed by atoms with Crippen LogP contribution in [0.5, 0.6) is 0 Å². The van der Waals surface area contributed by atoms with E-state index in [1.807, 2.05) is 28.4 Å². The van der Waals surface area contributed by atoms with Gasteiger partial charge in [0.2, 0.25) is 0 Å². The van der Waals surface area contributed by atoms with Gasteiger partial charge in [0.15, 0.2) is 0 Å². The van der Waals surface area contributed by atoms with E-state index >= 15 is 0 Å². The van der Waals surface area contributed by atoms with E-state index in [1.165, 1.54) is 19.3 Å². The zero-order valence-corrected chi connectivity index (χ0v) is 10.9. The number of ether oxygens (including phenoxy) is 1. The minimum Gasteiger partial charge on any atom is -0.465 e. The van der Waals surface area contributed by atoms with Crippen LogP contribution in [0.25, 0.3) is 5.52 Å². The molecule has 1 fully saturated rings. The van der Waals surface area contributed by atoms with Crippen molar-refractivity contribution in [2.75, 3.05) is 12.9 Å². The van der Waals surface area contributed by atoms with E-state index in [0.29, 0.717) is 10.8 Å². The van der Waals surface area contributed by atoms with Crippen LogP contribution in [0, 0.1) is 0 Å². The molecule has 0 N–H and O–H groups in total. The Bertz CT molecular complexity index is 588. The van der Waals surface area contributed by atoms with Crippen molar-refractivity contribution in [2.24, 2.45) is 0 Å². The largest absolute Gasteiger partial charge is 0.465 e. The molecule has 5 heteroatoms. The number of thioether (sulfide) groups is 1.